The Hall–Kier alpha value is -4.28. The number of amides is 2. The molecule has 0 radical (unpaired) electrons. The van der Waals surface area contributed by atoms with Gasteiger partial charge < -0.3 is 14.9 Å². The number of hydrogen-bond acceptors (Lipinski definition) is 7. The zero-order chi connectivity index (χ0) is 46.0. The van der Waals surface area contributed by atoms with Crippen molar-refractivity contribution in [3.05, 3.63) is 58.4 Å². The molecule has 4 atom stereocenters. The second kappa shape index (κ2) is 21.6. The molecule has 4 aromatic heterocycles. The first kappa shape index (κ1) is 53.3. The van der Waals surface area contributed by atoms with E-state index < -0.39 is 29.3 Å². The van der Waals surface area contributed by atoms with Crippen LogP contribution in [0.1, 0.15) is 171 Å². The average Bonchev–Trinajstić information content (AvgIpc) is 3.85. The van der Waals surface area contributed by atoms with E-state index in [2.05, 4.69) is 35.9 Å². The maximum absolute atomic E-state index is 13.6. The highest BCUT2D eigenvalue weighted by molar-refractivity contribution is 5.49. The van der Waals surface area contributed by atoms with Crippen LogP contribution in [0.2, 0.25) is 0 Å². The van der Waals surface area contributed by atoms with Gasteiger partial charge in [0, 0.05) is 85.2 Å². The summed E-state index contributed by atoms with van der Waals surface area (Å²) < 4.78 is 58.4. The lowest BCUT2D eigenvalue weighted by Crippen LogP contribution is -2.38. The monoisotopic (exact) mass is 923 g/mol. The Morgan fingerprint density at radius 3 is 1.20 bits per heavy atom. The summed E-state index contributed by atoms with van der Waals surface area (Å²) in [4.78, 5) is 35.6. The van der Waals surface area contributed by atoms with Gasteiger partial charge in [-0.05, 0) is 137 Å². The van der Waals surface area contributed by atoms with E-state index in [1.54, 1.807) is 20.8 Å². The third kappa shape index (κ3) is 13.4. The summed E-state index contributed by atoms with van der Waals surface area (Å²) in [6.45, 7) is 18.7. The fraction of sp³-hybridized carbons (Fsp3) is 0.708. The maximum atomic E-state index is 13.6. The molecule has 2 saturated heterocycles. The highest BCUT2D eigenvalue weighted by Crippen LogP contribution is 2.44. The molecule has 4 fully saturated rings. The smallest absolute Gasteiger partial charge is 0.248 e. The minimum Gasteiger partial charge on any atom is -0.391 e. The molecule has 0 aromatic carbocycles. The van der Waals surface area contributed by atoms with Crippen LogP contribution in [0.3, 0.4) is 0 Å². The molecule has 0 unspecified atom stereocenters. The van der Waals surface area contributed by atoms with E-state index in [4.69, 9.17) is 15.3 Å². The lowest BCUT2D eigenvalue weighted by molar-refractivity contribution is -0.120. The van der Waals surface area contributed by atoms with Crippen molar-refractivity contribution in [1.82, 2.24) is 39.0 Å². The number of fused-ring (bicyclic) bond motifs is 2. The number of aryl methyl sites for hydroxylation is 2. The van der Waals surface area contributed by atoms with Crippen molar-refractivity contribution in [1.29, 1.82) is 0 Å². The Morgan fingerprint density at radius 2 is 0.908 bits per heavy atom. The van der Waals surface area contributed by atoms with Gasteiger partial charge in [0.2, 0.25) is 24.7 Å². The first-order valence-corrected chi connectivity index (χ1v) is 23.1. The van der Waals surface area contributed by atoms with Crippen LogP contribution in [-0.2, 0) is 9.59 Å². The fourth-order valence-corrected chi connectivity index (χ4v) is 10.2. The number of alkyl halides is 4. The van der Waals surface area contributed by atoms with Gasteiger partial charge in [-0.25, -0.2) is 36.6 Å². The summed E-state index contributed by atoms with van der Waals surface area (Å²) in [5.74, 6) is -4.52. The highest BCUT2D eigenvalue weighted by Gasteiger charge is 2.39. The second-order valence-electron chi connectivity index (χ2n) is 20.4. The SMILES string of the molecule is CC(C)(C)O.Cc1cc([C@@H]2CN(C=O)CC[C@@H]2C)n2nc(C3CCC(C(C)(F)F)CC3)cc2n1.Cc1cc([C@H]2CN(C=O)CC[C@H]2C)n2nc(C3CCC(C(C)(F)F)CC3)cc2n1.F.F. The predicted molar refractivity (Wildman–Crippen MR) is 241 cm³/mol. The van der Waals surface area contributed by atoms with Crippen LogP contribution in [0, 0.1) is 37.5 Å². The van der Waals surface area contributed by atoms with Crippen molar-refractivity contribution < 1.29 is 41.7 Å². The van der Waals surface area contributed by atoms with Gasteiger partial charge in [-0.15, -0.1) is 0 Å². The Kier molecular flexibility index (Phi) is 17.7. The summed E-state index contributed by atoms with van der Waals surface area (Å²) in [6, 6.07) is 8.20. The van der Waals surface area contributed by atoms with Gasteiger partial charge in [0.25, 0.3) is 0 Å². The van der Waals surface area contributed by atoms with Crippen LogP contribution in [0.15, 0.2) is 24.3 Å². The first-order chi connectivity index (χ1) is 29.5. The van der Waals surface area contributed by atoms with Crippen molar-refractivity contribution in [2.24, 2.45) is 23.7 Å². The van der Waals surface area contributed by atoms with E-state index in [9.17, 15) is 27.2 Å². The van der Waals surface area contributed by atoms with Crippen LogP contribution in [-0.4, -0.2) is 101 Å². The molecule has 2 aliphatic heterocycles. The maximum Gasteiger partial charge on any atom is 0.248 e. The molecule has 364 valence electrons. The standard InChI is InChI=1S/2C22H30F2N4O.C4H10O.2FH/c2*1-14-8-9-27(13-29)12-18(14)20-10-15(2)25-21-11-19(26-28(20)21)16-4-6-17(7-5-16)22(3,23)24;1-4(2,3)5;;/h2*10-11,13-14,16-18H,4-9,12H2,1-3H3;5H,1-3H3;2*1H/t2*14-,16?,17?,18+;;;/m10.../s1. The number of nitrogens with zero attached hydrogens (tertiary/aromatic N) is 8. The van der Waals surface area contributed by atoms with Crippen LogP contribution in [0.5, 0.6) is 0 Å². The zero-order valence-electron chi connectivity index (χ0n) is 39.7. The van der Waals surface area contributed by atoms with E-state index in [0.717, 1.165) is 124 Å². The molecule has 2 amide bonds. The summed E-state index contributed by atoms with van der Waals surface area (Å²) in [5.41, 5.74) is 7.09. The molecule has 11 nitrogen and oxygen atoms in total. The van der Waals surface area contributed by atoms with E-state index in [-0.39, 0.29) is 33.1 Å². The second-order valence-corrected chi connectivity index (χ2v) is 20.4. The summed E-state index contributed by atoms with van der Waals surface area (Å²) in [6.07, 6.45) is 8.91. The Morgan fingerprint density at radius 1 is 0.585 bits per heavy atom. The number of carbonyl (C=O) groups excluding carboxylic acids is 2. The van der Waals surface area contributed by atoms with Crippen molar-refractivity contribution in [3.8, 4) is 0 Å². The van der Waals surface area contributed by atoms with E-state index in [1.807, 2.05) is 44.8 Å². The Balaban J connectivity index is 0.000000251. The van der Waals surface area contributed by atoms with Gasteiger partial charge in [-0.3, -0.25) is 19.0 Å². The molecule has 8 rings (SSSR count). The molecule has 2 saturated carbocycles. The minimum atomic E-state index is -2.60. The molecule has 65 heavy (non-hydrogen) atoms. The summed E-state index contributed by atoms with van der Waals surface area (Å²) in [7, 11) is 0. The number of likely N-dealkylation sites (tertiary alicyclic amines) is 2. The average molecular weight is 923 g/mol. The Labute approximate surface area is 379 Å². The zero-order valence-corrected chi connectivity index (χ0v) is 39.7. The first-order valence-electron chi connectivity index (χ1n) is 23.1. The topological polar surface area (TPSA) is 121 Å². The Bertz CT molecular complexity index is 2010. The van der Waals surface area contributed by atoms with E-state index in [0.29, 0.717) is 50.6 Å². The number of carbonyl (C=O) groups is 2. The fourth-order valence-electron chi connectivity index (χ4n) is 10.2. The molecule has 2 aliphatic carbocycles. The van der Waals surface area contributed by atoms with Gasteiger partial charge in [0.15, 0.2) is 11.3 Å². The third-order valence-electron chi connectivity index (χ3n) is 14.0. The number of aliphatic hydroxyl groups is 1. The largest absolute Gasteiger partial charge is 0.391 e. The van der Waals surface area contributed by atoms with Crippen LogP contribution >= 0.6 is 0 Å². The van der Waals surface area contributed by atoms with Crippen LogP contribution in [0.4, 0.5) is 27.0 Å². The summed E-state index contributed by atoms with van der Waals surface area (Å²) >= 11 is 0. The predicted octanol–water partition coefficient (Wildman–Crippen LogP) is 10.2. The number of rotatable bonds is 8. The van der Waals surface area contributed by atoms with Crippen molar-refractivity contribution in [2.75, 3.05) is 26.2 Å². The molecule has 0 spiro atoms. The lowest BCUT2D eigenvalue weighted by atomic mass is 9.78. The van der Waals surface area contributed by atoms with Gasteiger partial charge in [0.1, 0.15) is 0 Å². The molecule has 4 aromatic rings. The minimum absolute atomic E-state index is 0. The molecular weight excluding hydrogens is 851 g/mol. The lowest BCUT2D eigenvalue weighted by Gasteiger charge is -2.35. The van der Waals surface area contributed by atoms with Crippen molar-refractivity contribution >= 4 is 24.1 Å². The van der Waals surface area contributed by atoms with Gasteiger partial charge >= 0.3 is 0 Å². The number of hydrogen-bond donors (Lipinski definition) is 1. The third-order valence-corrected chi connectivity index (χ3v) is 14.0. The molecule has 17 heteroatoms. The van der Waals surface area contributed by atoms with Crippen molar-refractivity contribution in [2.45, 2.75) is 168 Å². The summed E-state index contributed by atoms with van der Waals surface area (Å²) in [5, 5.41) is 18.3. The number of aromatic nitrogens is 6. The molecule has 0 bridgehead atoms. The van der Waals surface area contributed by atoms with Crippen LogP contribution < -0.4 is 0 Å². The molecule has 6 heterocycles. The molecule has 4 aliphatic rings. The van der Waals surface area contributed by atoms with Crippen LogP contribution in [0.25, 0.3) is 11.3 Å². The highest BCUT2D eigenvalue weighted by atomic mass is 19.3. The number of piperidine rings is 2. The van der Waals surface area contributed by atoms with Gasteiger partial charge in [-0.2, -0.15) is 10.2 Å². The van der Waals surface area contributed by atoms with E-state index in [1.165, 1.54) is 0 Å². The van der Waals surface area contributed by atoms with Crippen molar-refractivity contribution in [3.63, 3.8) is 0 Å². The van der Waals surface area contributed by atoms with Gasteiger partial charge in [-0.1, -0.05) is 13.8 Å². The quantitative estimate of drug-likeness (QED) is 0.138. The number of halogens is 6. The normalized spacial score (nSPS) is 26.5. The molecule has 1 N–H and O–H groups in total. The van der Waals surface area contributed by atoms with Gasteiger partial charge in [0.05, 0.1) is 28.4 Å². The molecular formula is C48H72F6N8O3. The van der Waals surface area contributed by atoms with E-state index >= 15 is 0 Å².